The fourth-order valence-corrected chi connectivity index (χ4v) is 5.11. The fraction of sp³-hybridized carbons (Fsp3) is 0.895. The summed E-state index contributed by atoms with van der Waals surface area (Å²) in [6.45, 7) is 12.0. The summed E-state index contributed by atoms with van der Waals surface area (Å²) in [6, 6.07) is 0. The first-order valence-electron chi connectivity index (χ1n) is 8.91. The minimum Gasteiger partial charge on any atom is -0.469 e. The van der Waals surface area contributed by atoms with Gasteiger partial charge in [-0.15, -0.1) is 0 Å². The van der Waals surface area contributed by atoms with Gasteiger partial charge < -0.3 is 18.9 Å². The molecule has 3 aliphatic rings. The summed E-state index contributed by atoms with van der Waals surface area (Å²) in [4.78, 5) is 24.3. The molecule has 2 saturated carbocycles. The molecular formula is C19H30O6. The van der Waals surface area contributed by atoms with E-state index in [4.69, 9.17) is 18.9 Å². The van der Waals surface area contributed by atoms with Crippen LogP contribution in [0.3, 0.4) is 0 Å². The van der Waals surface area contributed by atoms with Gasteiger partial charge >= 0.3 is 11.9 Å². The Kier molecular flexibility index (Phi) is 4.05. The van der Waals surface area contributed by atoms with E-state index in [1.165, 1.54) is 14.2 Å². The average Bonchev–Trinajstić information content (AvgIpc) is 3.22. The van der Waals surface area contributed by atoms with Gasteiger partial charge in [0, 0.05) is 11.8 Å². The van der Waals surface area contributed by atoms with Crippen LogP contribution in [0.25, 0.3) is 0 Å². The minimum absolute atomic E-state index is 0.0152. The van der Waals surface area contributed by atoms with Gasteiger partial charge in [0.1, 0.15) is 0 Å². The number of esters is 2. The number of methoxy groups -OCH3 is 2. The third kappa shape index (κ3) is 2.69. The van der Waals surface area contributed by atoms with E-state index in [-0.39, 0.29) is 58.6 Å². The summed E-state index contributed by atoms with van der Waals surface area (Å²) in [7, 11) is 2.83. The SMILES string of the molecule is COC(=O)[C@@H]1[C@@H]([C@@H]2OC(C)(C)O[C@H]2[C@@H]2[C@@H](C(=O)OC)C2(C)C)C1(C)C. The van der Waals surface area contributed by atoms with Crippen molar-refractivity contribution in [2.45, 2.75) is 59.5 Å². The van der Waals surface area contributed by atoms with Crippen LogP contribution >= 0.6 is 0 Å². The summed E-state index contributed by atoms with van der Waals surface area (Å²) < 4.78 is 22.4. The number of carbonyl (C=O) groups is 2. The van der Waals surface area contributed by atoms with Crippen molar-refractivity contribution in [2.24, 2.45) is 34.5 Å². The molecule has 3 rings (SSSR count). The van der Waals surface area contributed by atoms with Gasteiger partial charge in [0.15, 0.2) is 5.79 Å². The van der Waals surface area contributed by atoms with E-state index in [2.05, 4.69) is 27.7 Å². The molecule has 1 aliphatic heterocycles. The number of ether oxygens (including phenoxy) is 4. The van der Waals surface area contributed by atoms with Crippen LogP contribution in [0.1, 0.15) is 41.5 Å². The molecule has 0 aromatic heterocycles. The number of hydrogen-bond acceptors (Lipinski definition) is 6. The molecule has 6 atom stereocenters. The Morgan fingerprint density at radius 2 is 1.04 bits per heavy atom. The molecular weight excluding hydrogens is 324 g/mol. The molecule has 0 spiro atoms. The molecule has 6 nitrogen and oxygen atoms in total. The van der Waals surface area contributed by atoms with E-state index < -0.39 is 5.79 Å². The highest BCUT2D eigenvalue weighted by Gasteiger charge is 2.75. The van der Waals surface area contributed by atoms with Crippen molar-refractivity contribution in [1.29, 1.82) is 0 Å². The van der Waals surface area contributed by atoms with Crippen LogP contribution in [0.15, 0.2) is 0 Å². The van der Waals surface area contributed by atoms with Crippen molar-refractivity contribution in [3.05, 3.63) is 0 Å². The van der Waals surface area contributed by atoms with E-state index >= 15 is 0 Å². The summed E-state index contributed by atoms with van der Waals surface area (Å²) in [5, 5.41) is 0. The molecule has 3 fully saturated rings. The van der Waals surface area contributed by atoms with Crippen molar-refractivity contribution >= 4 is 11.9 Å². The quantitative estimate of drug-likeness (QED) is 0.722. The van der Waals surface area contributed by atoms with Gasteiger partial charge in [0.25, 0.3) is 0 Å². The van der Waals surface area contributed by atoms with Crippen LogP contribution < -0.4 is 0 Å². The minimum atomic E-state index is -0.742. The molecule has 0 unspecified atom stereocenters. The Labute approximate surface area is 149 Å². The van der Waals surface area contributed by atoms with Gasteiger partial charge in [0.05, 0.1) is 38.3 Å². The van der Waals surface area contributed by atoms with Crippen LogP contribution in [0.4, 0.5) is 0 Å². The topological polar surface area (TPSA) is 71.1 Å². The maximum absolute atomic E-state index is 12.2. The maximum atomic E-state index is 12.2. The molecule has 0 radical (unpaired) electrons. The van der Waals surface area contributed by atoms with Gasteiger partial charge in [0.2, 0.25) is 0 Å². The zero-order chi connectivity index (χ0) is 18.9. The van der Waals surface area contributed by atoms with Gasteiger partial charge in [-0.05, 0) is 24.7 Å². The van der Waals surface area contributed by atoms with Crippen molar-refractivity contribution in [3.8, 4) is 0 Å². The van der Waals surface area contributed by atoms with Crippen LogP contribution in [-0.4, -0.2) is 44.2 Å². The molecule has 0 N–H and O–H groups in total. The second-order valence-electron chi connectivity index (χ2n) is 9.26. The first-order chi connectivity index (χ1) is 11.4. The lowest BCUT2D eigenvalue weighted by atomic mass is 9.96. The van der Waals surface area contributed by atoms with Gasteiger partial charge in [-0.1, -0.05) is 27.7 Å². The van der Waals surface area contributed by atoms with Crippen LogP contribution in [-0.2, 0) is 28.5 Å². The highest BCUT2D eigenvalue weighted by atomic mass is 16.8. The van der Waals surface area contributed by atoms with Crippen molar-refractivity contribution in [2.75, 3.05) is 14.2 Å². The first-order valence-corrected chi connectivity index (χ1v) is 8.91. The standard InChI is InChI=1S/C19H30O6/c1-17(2)9(11(17)15(20)22-7)13-14(25-19(5,6)24-13)10-12(16(21)23-8)18(10,3)4/h9-14H,1-8H3/t9-,10-,11-,12-,13-,14-/m0/s1. The van der Waals surface area contributed by atoms with E-state index in [1.807, 2.05) is 13.8 Å². The van der Waals surface area contributed by atoms with Crippen molar-refractivity contribution < 1.29 is 28.5 Å². The third-order valence-electron chi connectivity index (χ3n) is 6.60. The normalized spacial score (nSPS) is 42.6. The lowest BCUT2D eigenvalue weighted by Gasteiger charge is -2.19. The zero-order valence-corrected chi connectivity index (χ0v) is 16.4. The lowest BCUT2D eigenvalue weighted by Crippen LogP contribution is -2.31. The molecule has 142 valence electrons. The monoisotopic (exact) mass is 354 g/mol. The molecule has 0 bridgehead atoms. The van der Waals surface area contributed by atoms with E-state index in [0.717, 1.165) is 0 Å². The number of rotatable bonds is 4. The lowest BCUT2D eigenvalue weighted by molar-refractivity contribution is -0.153. The second-order valence-corrected chi connectivity index (χ2v) is 9.26. The smallest absolute Gasteiger partial charge is 0.309 e. The van der Waals surface area contributed by atoms with Gasteiger partial charge in [-0.3, -0.25) is 9.59 Å². The largest absolute Gasteiger partial charge is 0.469 e. The molecule has 25 heavy (non-hydrogen) atoms. The molecule has 0 aromatic rings. The Morgan fingerprint density at radius 3 is 1.32 bits per heavy atom. The molecule has 1 saturated heterocycles. The molecule has 0 amide bonds. The van der Waals surface area contributed by atoms with E-state index in [1.54, 1.807) is 0 Å². The highest BCUT2D eigenvalue weighted by molar-refractivity contribution is 5.78. The molecule has 0 aromatic carbocycles. The molecule has 2 aliphatic carbocycles. The molecule has 1 heterocycles. The average molecular weight is 354 g/mol. The summed E-state index contributed by atoms with van der Waals surface area (Å²) in [6.07, 6.45) is -0.485. The maximum Gasteiger partial charge on any atom is 0.309 e. The van der Waals surface area contributed by atoms with Crippen molar-refractivity contribution in [1.82, 2.24) is 0 Å². The second kappa shape index (κ2) is 5.43. The Balaban J connectivity index is 1.87. The van der Waals surface area contributed by atoms with E-state index in [0.29, 0.717) is 0 Å². The van der Waals surface area contributed by atoms with Gasteiger partial charge in [-0.25, -0.2) is 0 Å². The summed E-state index contributed by atoms with van der Waals surface area (Å²) in [5.74, 6) is -1.54. The predicted octanol–water partition coefficient (Wildman–Crippen LogP) is 2.40. The highest BCUT2D eigenvalue weighted by Crippen LogP contribution is 2.68. The third-order valence-corrected chi connectivity index (χ3v) is 6.60. The van der Waals surface area contributed by atoms with Crippen LogP contribution in [0.5, 0.6) is 0 Å². The summed E-state index contributed by atoms with van der Waals surface area (Å²) >= 11 is 0. The zero-order valence-electron chi connectivity index (χ0n) is 16.4. The van der Waals surface area contributed by atoms with Gasteiger partial charge in [-0.2, -0.15) is 0 Å². The van der Waals surface area contributed by atoms with E-state index in [9.17, 15) is 9.59 Å². The number of carbonyl (C=O) groups excluding carboxylic acids is 2. The summed E-state index contributed by atoms with van der Waals surface area (Å²) in [5.41, 5.74) is -0.417. The Bertz CT molecular complexity index is 543. The first kappa shape index (κ1) is 18.6. The number of hydrogen-bond donors (Lipinski definition) is 0. The van der Waals surface area contributed by atoms with Crippen LogP contribution in [0.2, 0.25) is 0 Å². The molecule has 6 heteroatoms. The fourth-order valence-electron chi connectivity index (χ4n) is 5.11. The Morgan fingerprint density at radius 1 is 0.720 bits per heavy atom. The van der Waals surface area contributed by atoms with Crippen LogP contribution in [0, 0.1) is 34.5 Å². The van der Waals surface area contributed by atoms with Crippen molar-refractivity contribution in [3.63, 3.8) is 0 Å². The predicted molar refractivity (Wildman–Crippen MR) is 89.4 cm³/mol. The Hall–Kier alpha value is -1.14.